The number of alkyl halides is 1. The van der Waals surface area contributed by atoms with Gasteiger partial charge in [-0.3, -0.25) is 4.98 Å². The molecule has 3 aromatic heterocycles. The van der Waals surface area contributed by atoms with Crippen molar-refractivity contribution in [1.29, 1.82) is 0 Å². The largest absolute Gasteiger partial charge is 0.346 e. The molecule has 3 rings (SSSR count). The van der Waals surface area contributed by atoms with Gasteiger partial charge < -0.3 is 4.98 Å². The molecular weight excluding hydrogens is 301 g/mol. The molecule has 0 aromatic carbocycles. The lowest BCUT2D eigenvalue weighted by Crippen LogP contribution is -1.87. The van der Waals surface area contributed by atoms with Gasteiger partial charge in [-0.1, -0.05) is 22.6 Å². The first kappa shape index (κ1) is 9.08. The summed E-state index contributed by atoms with van der Waals surface area (Å²) in [6, 6.07) is 4.13. The minimum absolute atomic E-state index is 0.932. The first-order chi connectivity index (χ1) is 7.40. The highest BCUT2D eigenvalue weighted by Crippen LogP contribution is 2.25. The van der Waals surface area contributed by atoms with E-state index in [0.717, 1.165) is 21.0 Å². The Morgan fingerprint density at radius 3 is 3.07 bits per heavy atom. The van der Waals surface area contributed by atoms with E-state index >= 15 is 0 Å². The Hall–Kier alpha value is -1.17. The highest BCUT2D eigenvalue weighted by atomic mass is 127. The molecule has 0 unspecified atom stereocenters. The molecule has 0 aliphatic rings. The molecule has 3 aromatic rings. The van der Waals surface area contributed by atoms with Gasteiger partial charge in [0.2, 0.25) is 0 Å². The maximum absolute atomic E-state index is 4.34. The van der Waals surface area contributed by atoms with E-state index in [4.69, 9.17) is 0 Å². The Kier molecular flexibility index (Phi) is 2.09. The number of nitrogens with one attached hydrogen (secondary N) is 1. The Labute approximate surface area is 100 Å². The molecular formula is C11H8IN3. The average Bonchev–Trinajstić information content (AvgIpc) is 2.76. The molecule has 0 atom stereocenters. The van der Waals surface area contributed by atoms with Gasteiger partial charge in [0, 0.05) is 27.6 Å². The third kappa shape index (κ3) is 1.31. The number of H-pyrrole nitrogens is 1. The van der Waals surface area contributed by atoms with Gasteiger partial charge in [0.05, 0.1) is 11.7 Å². The van der Waals surface area contributed by atoms with E-state index in [1.807, 2.05) is 18.6 Å². The Morgan fingerprint density at radius 1 is 1.27 bits per heavy atom. The van der Waals surface area contributed by atoms with Crippen molar-refractivity contribution in [1.82, 2.24) is 15.0 Å². The number of hydrogen-bond donors (Lipinski definition) is 1. The van der Waals surface area contributed by atoms with Crippen LogP contribution in [0.15, 0.2) is 30.7 Å². The van der Waals surface area contributed by atoms with Crippen LogP contribution >= 0.6 is 22.6 Å². The molecule has 0 saturated heterocycles. The fourth-order valence-electron chi connectivity index (χ4n) is 1.83. The third-order valence-corrected chi connectivity index (χ3v) is 3.34. The second-order valence-corrected chi connectivity index (χ2v) is 4.12. The van der Waals surface area contributed by atoms with Gasteiger partial charge in [-0.2, -0.15) is 0 Å². The lowest BCUT2D eigenvalue weighted by molar-refractivity contribution is 1.30. The molecule has 1 N–H and O–H groups in total. The molecule has 0 amide bonds. The second kappa shape index (κ2) is 3.44. The van der Waals surface area contributed by atoms with Crippen LogP contribution in [0.3, 0.4) is 0 Å². The van der Waals surface area contributed by atoms with Gasteiger partial charge in [-0.15, -0.1) is 0 Å². The number of pyridine rings is 2. The van der Waals surface area contributed by atoms with Crippen molar-refractivity contribution in [3.05, 3.63) is 36.3 Å². The van der Waals surface area contributed by atoms with Crippen molar-refractivity contribution in [3.63, 3.8) is 0 Å². The van der Waals surface area contributed by atoms with Crippen molar-refractivity contribution < 1.29 is 0 Å². The van der Waals surface area contributed by atoms with Crippen molar-refractivity contribution in [2.75, 3.05) is 0 Å². The van der Waals surface area contributed by atoms with E-state index < -0.39 is 0 Å². The number of rotatable bonds is 1. The number of aromatic amines is 1. The molecule has 15 heavy (non-hydrogen) atoms. The minimum atomic E-state index is 0.932. The van der Waals surface area contributed by atoms with Crippen LogP contribution in [0.1, 0.15) is 5.56 Å². The Morgan fingerprint density at radius 2 is 2.20 bits per heavy atom. The van der Waals surface area contributed by atoms with Crippen LogP contribution in [0.4, 0.5) is 0 Å². The molecule has 0 radical (unpaired) electrons. The van der Waals surface area contributed by atoms with Gasteiger partial charge in [0.1, 0.15) is 5.65 Å². The van der Waals surface area contributed by atoms with E-state index in [2.05, 4.69) is 49.7 Å². The molecule has 3 heterocycles. The predicted octanol–water partition coefficient (Wildman–Crippen LogP) is 3.05. The fraction of sp³-hybridized carbons (Fsp3) is 0.0909. The van der Waals surface area contributed by atoms with Gasteiger partial charge in [0.25, 0.3) is 0 Å². The third-order valence-electron chi connectivity index (χ3n) is 2.52. The number of aromatic nitrogens is 3. The van der Waals surface area contributed by atoms with E-state index in [0.29, 0.717) is 0 Å². The van der Waals surface area contributed by atoms with Crippen molar-refractivity contribution in [2.45, 2.75) is 4.43 Å². The topological polar surface area (TPSA) is 41.6 Å². The minimum Gasteiger partial charge on any atom is -0.346 e. The average molecular weight is 309 g/mol. The summed E-state index contributed by atoms with van der Waals surface area (Å²) in [7, 11) is 0. The molecule has 0 fully saturated rings. The highest BCUT2D eigenvalue weighted by Gasteiger charge is 2.06. The summed E-state index contributed by atoms with van der Waals surface area (Å²) in [4.78, 5) is 11.8. The molecule has 0 bridgehead atoms. The summed E-state index contributed by atoms with van der Waals surface area (Å²) in [6.45, 7) is 0. The van der Waals surface area contributed by atoms with E-state index in [-0.39, 0.29) is 0 Å². The Bertz CT molecular complexity index is 630. The van der Waals surface area contributed by atoms with Crippen molar-refractivity contribution >= 4 is 44.5 Å². The van der Waals surface area contributed by atoms with Crippen LogP contribution in [0, 0.1) is 0 Å². The smallest absolute Gasteiger partial charge is 0.137 e. The summed E-state index contributed by atoms with van der Waals surface area (Å²) in [5.74, 6) is 0. The van der Waals surface area contributed by atoms with Crippen LogP contribution in [0.5, 0.6) is 0 Å². The molecule has 4 heteroatoms. The Balaban J connectivity index is 2.58. The van der Waals surface area contributed by atoms with Gasteiger partial charge in [-0.25, -0.2) is 4.98 Å². The zero-order chi connectivity index (χ0) is 10.3. The SMILES string of the molecule is ICc1ccnc2cnc3[nH]ccc3c12. The van der Waals surface area contributed by atoms with Crippen LogP contribution in [-0.4, -0.2) is 15.0 Å². The highest BCUT2D eigenvalue weighted by molar-refractivity contribution is 14.1. The van der Waals surface area contributed by atoms with Crippen LogP contribution in [0.2, 0.25) is 0 Å². The van der Waals surface area contributed by atoms with Gasteiger partial charge in [0.15, 0.2) is 0 Å². The van der Waals surface area contributed by atoms with Crippen LogP contribution in [-0.2, 0) is 4.43 Å². The molecule has 0 saturated carbocycles. The number of halogens is 1. The number of fused-ring (bicyclic) bond motifs is 3. The summed E-state index contributed by atoms with van der Waals surface area (Å²) in [5, 5.41) is 2.38. The summed E-state index contributed by atoms with van der Waals surface area (Å²) >= 11 is 2.37. The van der Waals surface area contributed by atoms with Crippen LogP contribution in [0.25, 0.3) is 21.9 Å². The molecule has 3 nitrogen and oxygen atoms in total. The van der Waals surface area contributed by atoms with Gasteiger partial charge >= 0.3 is 0 Å². The van der Waals surface area contributed by atoms with E-state index in [1.54, 1.807) is 0 Å². The predicted molar refractivity (Wildman–Crippen MR) is 69.1 cm³/mol. The fourth-order valence-corrected chi connectivity index (χ4v) is 2.47. The van der Waals surface area contributed by atoms with Crippen LogP contribution < -0.4 is 0 Å². The summed E-state index contributed by atoms with van der Waals surface area (Å²) in [6.07, 6.45) is 5.58. The van der Waals surface area contributed by atoms with Crippen molar-refractivity contribution in [2.24, 2.45) is 0 Å². The summed E-state index contributed by atoms with van der Waals surface area (Å²) < 4.78 is 0.987. The standard InChI is InChI=1S/C11H8IN3/c12-5-7-1-3-13-9-6-15-11-8(10(7)9)2-4-14-11/h1-4,6H,5H2,(H,14,15). The molecule has 74 valence electrons. The van der Waals surface area contributed by atoms with E-state index in [9.17, 15) is 0 Å². The molecule has 0 spiro atoms. The number of hydrogen-bond acceptors (Lipinski definition) is 2. The number of nitrogens with zero attached hydrogens (tertiary/aromatic N) is 2. The normalized spacial score (nSPS) is 11.3. The molecule has 0 aliphatic carbocycles. The lowest BCUT2D eigenvalue weighted by Gasteiger charge is -2.03. The maximum Gasteiger partial charge on any atom is 0.137 e. The quantitative estimate of drug-likeness (QED) is 0.554. The zero-order valence-corrected chi connectivity index (χ0v) is 10.0. The first-order valence-corrected chi connectivity index (χ1v) is 6.18. The lowest BCUT2D eigenvalue weighted by atomic mass is 10.1. The maximum atomic E-state index is 4.34. The van der Waals surface area contributed by atoms with Gasteiger partial charge in [-0.05, 0) is 17.7 Å². The monoisotopic (exact) mass is 309 g/mol. The molecule has 0 aliphatic heterocycles. The second-order valence-electron chi connectivity index (χ2n) is 3.36. The summed E-state index contributed by atoms with van der Waals surface area (Å²) in [5.41, 5.74) is 3.21. The zero-order valence-electron chi connectivity index (χ0n) is 7.87. The van der Waals surface area contributed by atoms with Crippen molar-refractivity contribution in [3.8, 4) is 0 Å². The van der Waals surface area contributed by atoms with E-state index in [1.165, 1.54) is 10.9 Å². The first-order valence-electron chi connectivity index (χ1n) is 4.66.